The van der Waals surface area contributed by atoms with Crippen LogP contribution in [0.1, 0.15) is 33.6 Å². The third-order valence-electron chi connectivity index (χ3n) is 2.43. The van der Waals surface area contributed by atoms with Crippen molar-refractivity contribution in [2.45, 2.75) is 45.7 Å². The summed E-state index contributed by atoms with van der Waals surface area (Å²) in [5.41, 5.74) is 0. The molecule has 1 heterocycles. The summed E-state index contributed by atoms with van der Waals surface area (Å²) in [5, 5.41) is 0. The van der Waals surface area contributed by atoms with Gasteiger partial charge in [0.1, 0.15) is 5.78 Å². The van der Waals surface area contributed by atoms with Crippen LogP contribution in [0.25, 0.3) is 0 Å². The first-order valence-corrected chi connectivity index (χ1v) is 4.39. The molecule has 1 fully saturated rings. The smallest absolute Gasteiger partial charge is 0.146 e. The van der Waals surface area contributed by atoms with E-state index in [9.17, 15) is 4.79 Å². The lowest BCUT2D eigenvalue weighted by Gasteiger charge is -2.26. The molecule has 1 rings (SSSR count). The molecule has 0 aromatic rings. The average Bonchev–Trinajstić information content (AvgIpc) is 2.32. The molecule has 0 aromatic carbocycles. The van der Waals surface area contributed by atoms with Crippen LogP contribution in [0.5, 0.6) is 0 Å². The topological polar surface area (TPSA) is 20.3 Å². The monoisotopic (exact) mass is 155 g/mol. The lowest BCUT2D eigenvalue weighted by molar-refractivity contribution is -0.121. The molecule has 1 saturated heterocycles. The van der Waals surface area contributed by atoms with E-state index in [1.54, 1.807) is 6.92 Å². The first kappa shape index (κ1) is 8.72. The highest BCUT2D eigenvalue weighted by molar-refractivity contribution is 5.81. The van der Waals surface area contributed by atoms with Crippen molar-refractivity contribution in [2.75, 3.05) is 6.54 Å². The SMILES string of the molecule is CC(=O)C1CCCN1C(C)C. The van der Waals surface area contributed by atoms with Crippen LogP contribution in [-0.4, -0.2) is 29.3 Å². The number of carbonyl (C=O) groups is 1. The third-order valence-corrected chi connectivity index (χ3v) is 2.43. The third kappa shape index (κ3) is 1.80. The molecular formula is C9H17NO. The van der Waals surface area contributed by atoms with Gasteiger partial charge in [0.15, 0.2) is 0 Å². The van der Waals surface area contributed by atoms with Crippen molar-refractivity contribution < 1.29 is 4.79 Å². The van der Waals surface area contributed by atoms with Crippen LogP contribution < -0.4 is 0 Å². The Labute approximate surface area is 68.6 Å². The minimum atomic E-state index is 0.218. The summed E-state index contributed by atoms with van der Waals surface area (Å²) < 4.78 is 0. The fourth-order valence-electron chi connectivity index (χ4n) is 1.84. The van der Waals surface area contributed by atoms with Gasteiger partial charge in [-0.3, -0.25) is 9.69 Å². The van der Waals surface area contributed by atoms with Crippen LogP contribution >= 0.6 is 0 Å². The number of rotatable bonds is 2. The zero-order valence-corrected chi connectivity index (χ0v) is 7.63. The molecule has 0 aliphatic carbocycles. The Morgan fingerprint density at radius 1 is 1.55 bits per heavy atom. The van der Waals surface area contributed by atoms with E-state index in [-0.39, 0.29) is 6.04 Å². The molecule has 2 nitrogen and oxygen atoms in total. The van der Waals surface area contributed by atoms with Crippen LogP contribution in [0.2, 0.25) is 0 Å². The van der Waals surface area contributed by atoms with Gasteiger partial charge in [-0.15, -0.1) is 0 Å². The van der Waals surface area contributed by atoms with Crippen LogP contribution in [0.3, 0.4) is 0 Å². The number of hydrogen-bond donors (Lipinski definition) is 0. The molecule has 1 aliphatic heterocycles. The lowest BCUT2D eigenvalue weighted by Crippen LogP contribution is -2.39. The minimum Gasteiger partial charge on any atom is -0.298 e. The van der Waals surface area contributed by atoms with Gasteiger partial charge in [0.2, 0.25) is 0 Å². The van der Waals surface area contributed by atoms with Gasteiger partial charge in [-0.1, -0.05) is 0 Å². The average molecular weight is 155 g/mol. The Kier molecular flexibility index (Phi) is 2.66. The molecule has 0 N–H and O–H groups in total. The maximum Gasteiger partial charge on any atom is 0.146 e. The summed E-state index contributed by atoms with van der Waals surface area (Å²) in [5.74, 6) is 0.330. The van der Waals surface area contributed by atoms with Crippen LogP contribution in [0.4, 0.5) is 0 Å². The molecule has 0 aromatic heterocycles. The van der Waals surface area contributed by atoms with Gasteiger partial charge in [0.25, 0.3) is 0 Å². The summed E-state index contributed by atoms with van der Waals surface area (Å²) in [4.78, 5) is 13.4. The van der Waals surface area contributed by atoms with Crippen molar-refractivity contribution in [1.82, 2.24) is 4.90 Å². The van der Waals surface area contributed by atoms with Gasteiger partial charge in [-0.05, 0) is 40.2 Å². The predicted octanol–water partition coefficient (Wildman–Crippen LogP) is 1.45. The molecular weight excluding hydrogens is 138 g/mol. The van der Waals surface area contributed by atoms with Gasteiger partial charge in [0, 0.05) is 6.04 Å². The number of carbonyl (C=O) groups excluding carboxylic acids is 1. The molecule has 11 heavy (non-hydrogen) atoms. The van der Waals surface area contributed by atoms with E-state index in [0.29, 0.717) is 11.8 Å². The summed E-state index contributed by atoms with van der Waals surface area (Å²) in [7, 11) is 0. The second kappa shape index (κ2) is 3.35. The molecule has 0 saturated carbocycles. The van der Waals surface area contributed by atoms with Gasteiger partial charge >= 0.3 is 0 Å². The van der Waals surface area contributed by atoms with Crippen LogP contribution in [0, 0.1) is 0 Å². The first-order valence-electron chi connectivity index (χ1n) is 4.39. The first-order chi connectivity index (χ1) is 5.13. The minimum absolute atomic E-state index is 0.218. The number of likely N-dealkylation sites (tertiary alicyclic amines) is 1. The molecule has 0 spiro atoms. The number of ketones is 1. The quantitative estimate of drug-likeness (QED) is 0.601. The van der Waals surface area contributed by atoms with Crippen molar-refractivity contribution in [1.29, 1.82) is 0 Å². The number of nitrogens with zero attached hydrogens (tertiary/aromatic N) is 1. The molecule has 1 atom stereocenters. The molecule has 0 amide bonds. The summed E-state index contributed by atoms with van der Waals surface area (Å²) >= 11 is 0. The van der Waals surface area contributed by atoms with Crippen LogP contribution in [-0.2, 0) is 4.79 Å². The predicted molar refractivity (Wildman–Crippen MR) is 45.5 cm³/mol. The van der Waals surface area contributed by atoms with Crippen LogP contribution in [0.15, 0.2) is 0 Å². The zero-order valence-electron chi connectivity index (χ0n) is 7.63. The Balaban J connectivity index is 2.58. The fourth-order valence-corrected chi connectivity index (χ4v) is 1.84. The highest BCUT2D eigenvalue weighted by Crippen LogP contribution is 2.20. The Morgan fingerprint density at radius 3 is 2.55 bits per heavy atom. The standard InChI is InChI=1S/C9H17NO/c1-7(2)10-6-4-5-9(10)8(3)11/h7,9H,4-6H2,1-3H3. The summed E-state index contributed by atoms with van der Waals surface area (Å²) in [6, 6.07) is 0.737. The van der Waals surface area contributed by atoms with E-state index in [4.69, 9.17) is 0 Å². The molecule has 0 bridgehead atoms. The normalized spacial score (nSPS) is 26.4. The molecule has 1 unspecified atom stereocenters. The zero-order chi connectivity index (χ0) is 8.43. The van der Waals surface area contributed by atoms with Crippen molar-refractivity contribution in [3.63, 3.8) is 0 Å². The second-order valence-electron chi connectivity index (χ2n) is 3.60. The van der Waals surface area contributed by atoms with E-state index in [1.807, 2.05) is 0 Å². The van der Waals surface area contributed by atoms with Gasteiger partial charge in [-0.25, -0.2) is 0 Å². The van der Waals surface area contributed by atoms with Gasteiger partial charge in [-0.2, -0.15) is 0 Å². The van der Waals surface area contributed by atoms with Gasteiger partial charge < -0.3 is 0 Å². The highest BCUT2D eigenvalue weighted by Gasteiger charge is 2.29. The maximum absolute atomic E-state index is 11.1. The molecule has 2 heteroatoms. The Bertz CT molecular complexity index is 154. The van der Waals surface area contributed by atoms with Crippen molar-refractivity contribution in [3.8, 4) is 0 Å². The Morgan fingerprint density at radius 2 is 2.18 bits per heavy atom. The molecule has 1 aliphatic rings. The lowest BCUT2D eigenvalue weighted by atomic mass is 10.1. The number of Topliss-reactive ketones (excluding diaryl/α,β-unsaturated/α-hetero) is 1. The van der Waals surface area contributed by atoms with E-state index >= 15 is 0 Å². The van der Waals surface area contributed by atoms with Crippen molar-refractivity contribution in [2.24, 2.45) is 0 Å². The largest absolute Gasteiger partial charge is 0.298 e. The van der Waals surface area contributed by atoms with E-state index in [1.165, 1.54) is 6.42 Å². The number of hydrogen-bond acceptors (Lipinski definition) is 2. The molecule has 0 radical (unpaired) electrons. The summed E-state index contributed by atoms with van der Waals surface area (Å²) in [6.45, 7) is 7.11. The maximum atomic E-state index is 11.1. The highest BCUT2D eigenvalue weighted by atomic mass is 16.1. The fraction of sp³-hybridized carbons (Fsp3) is 0.889. The van der Waals surface area contributed by atoms with Crippen molar-refractivity contribution >= 4 is 5.78 Å². The second-order valence-corrected chi connectivity index (χ2v) is 3.60. The molecule has 64 valence electrons. The van der Waals surface area contributed by atoms with Gasteiger partial charge in [0.05, 0.1) is 6.04 Å². The van der Waals surface area contributed by atoms with Crippen molar-refractivity contribution in [3.05, 3.63) is 0 Å². The summed E-state index contributed by atoms with van der Waals surface area (Å²) in [6.07, 6.45) is 2.25. The van der Waals surface area contributed by atoms with E-state index in [0.717, 1.165) is 13.0 Å². The van der Waals surface area contributed by atoms with E-state index < -0.39 is 0 Å². The van der Waals surface area contributed by atoms with E-state index in [2.05, 4.69) is 18.7 Å². The Hall–Kier alpha value is -0.370.